The molecule has 2 heterocycles. The predicted octanol–water partition coefficient (Wildman–Crippen LogP) is 3.22. The van der Waals surface area contributed by atoms with Crippen molar-refractivity contribution in [2.75, 3.05) is 0 Å². The zero-order valence-corrected chi connectivity index (χ0v) is 12.6. The molecule has 2 nitrogen and oxygen atoms in total. The minimum absolute atomic E-state index is 0.139. The van der Waals surface area contributed by atoms with Gasteiger partial charge in [0, 0.05) is 33.6 Å². The van der Waals surface area contributed by atoms with Crippen molar-refractivity contribution in [1.29, 1.82) is 0 Å². The zero-order valence-electron chi connectivity index (χ0n) is 11.8. The lowest BCUT2D eigenvalue weighted by molar-refractivity contribution is -0.122. The minimum Gasteiger partial charge on any atom is -0.298 e. The molecule has 19 heavy (non-hydrogen) atoms. The van der Waals surface area contributed by atoms with E-state index in [0.29, 0.717) is 16.9 Å². The van der Waals surface area contributed by atoms with Gasteiger partial charge in [-0.15, -0.1) is 5.92 Å². The second-order valence-electron chi connectivity index (χ2n) is 5.77. The number of carbonyl (C=O) groups excluding carboxylic acids is 1. The lowest BCUT2D eigenvalue weighted by Crippen LogP contribution is -2.32. The molecule has 2 fully saturated rings. The molecule has 0 aromatic carbocycles. The Morgan fingerprint density at radius 3 is 2.47 bits per heavy atom. The third kappa shape index (κ3) is 3.92. The summed E-state index contributed by atoms with van der Waals surface area (Å²) in [5, 5.41) is 0.593. The third-order valence-electron chi connectivity index (χ3n) is 4.31. The van der Waals surface area contributed by atoms with Crippen LogP contribution in [0.3, 0.4) is 0 Å². The quantitative estimate of drug-likeness (QED) is 0.572. The topological polar surface area (TPSA) is 34.1 Å². The van der Waals surface area contributed by atoms with Gasteiger partial charge >= 0.3 is 0 Å². The molecule has 2 saturated heterocycles. The summed E-state index contributed by atoms with van der Waals surface area (Å²) in [7, 11) is -0.655. The van der Waals surface area contributed by atoms with Crippen LogP contribution in [-0.4, -0.2) is 20.5 Å². The van der Waals surface area contributed by atoms with Crippen LogP contribution >= 0.6 is 0 Å². The third-order valence-corrected chi connectivity index (χ3v) is 6.48. The van der Waals surface area contributed by atoms with Crippen LogP contribution in [0.15, 0.2) is 0 Å². The number of ketones is 1. The van der Waals surface area contributed by atoms with E-state index in [9.17, 15) is 9.00 Å². The summed E-state index contributed by atoms with van der Waals surface area (Å²) >= 11 is 0. The minimum atomic E-state index is -0.655. The Morgan fingerprint density at radius 1 is 1.16 bits per heavy atom. The molecule has 0 aromatic heterocycles. The number of fused-ring (bicyclic) bond motifs is 2. The molecule has 0 aliphatic carbocycles. The largest absolute Gasteiger partial charge is 0.298 e. The van der Waals surface area contributed by atoms with Crippen LogP contribution in [0.5, 0.6) is 0 Å². The van der Waals surface area contributed by atoms with Gasteiger partial charge in [0.05, 0.1) is 6.42 Å². The highest BCUT2D eigenvalue weighted by Gasteiger charge is 2.42. The normalized spacial score (nSPS) is 32.7. The number of carbonyl (C=O) groups is 1. The molecule has 0 amide bonds. The lowest BCUT2D eigenvalue weighted by Gasteiger charge is -2.25. The summed E-state index contributed by atoms with van der Waals surface area (Å²) in [5.41, 5.74) is 0. The molecule has 2 atom stereocenters. The van der Waals surface area contributed by atoms with Gasteiger partial charge in [-0.1, -0.05) is 25.7 Å². The number of rotatable bonds is 5. The highest BCUT2D eigenvalue weighted by molar-refractivity contribution is 7.86. The predicted molar refractivity (Wildman–Crippen MR) is 79.2 cm³/mol. The van der Waals surface area contributed by atoms with Crippen molar-refractivity contribution >= 4 is 16.6 Å². The molecular weight excluding hydrogens is 256 g/mol. The molecule has 0 aromatic rings. The number of unbranched alkanes of at least 4 members (excludes halogenated alkanes) is 3. The molecule has 0 radical (unpaired) electrons. The van der Waals surface area contributed by atoms with Crippen LogP contribution < -0.4 is 0 Å². The average Bonchev–Trinajstić information content (AvgIpc) is 2.65. The van der Waals surface area contributed by atoms with Crippen molar-refractivity contribution in [3.05, 3.63) is 0 Å². The van der Waals surface area contributed by atoms with Crippen LogP contribution in [0, 0.1) is 17.8 Å². The van der Waals surface area contributed by atoms with E-state index in [0.717, 1.165) is 38.5 Å². The molecule has 2 bridgehead atoms. The fourth-order valence-corrected chi connectivity index (χ4v) is 5.27. The van der Waals surface area contributed by atoms with Gasteiger partial charge in [-0.3, -0.25) is 9.00 Å². The zero-order chi connectivity index (χ0) is 13.7. The van der Waals surface area contributed by atoms with Crippen LogP contribution in [0.25, 0.3) is 0 Å². The number of Topliss-reactive ketones (excluding diaryl/α,β-unsaturated/α-hetero) is 1. The molecular formula is C16H24O2S. The summed E-state index contributed by atoms with van der Waals surface area (Å²) < 4.78 is 11.9. The van der Waals surface area contributed by atoms with Gasteiger partial charge in [-0.2, -0.15) is 0 Å². The van der Waals surface area contributed by atoms with E-state index in [1.807, 2.05) is 0 Å². The first-order valence-electron chi connectivity index (χ1n) is 7.60. The van der Waals surface area contributed by atoms with Crippen molar-refractivity contribution in [3.63, 3.8) is 0 Å². The van der Waals surface area contributed by atoms with E-state index >= 15 is 0 Å². The average molecular weight is 280 g/mol. The molecule has 2 rings (SSSR count). The molecule has 0 N–H and O–H groups in total. The molecule has 106 valence electrons. The molecule has 2 aliphatic heterocycles. The summed E-state index contributed by atoms with van der Waals surface area (Å²) in [6.07, 6.45) is 8.71. The fourth-order valence-electron chi connectivity index (χ4n) is 3.14. The van der Waals surface area contributed by atoms with E-state index in [-0.39, 0.29) is 11.7 Å². The van der Waals surface area contributed by atoms with Gasteiger partial charge in [0.25, 0.3) is 0 Å². The maximum Gasteiger partial charge on any atom is 0.147 e. The van der Waals surface area contributed by atoms with Crippen LogP contribution in [0.4, 0.5) is 0 Å². The summed E-state index contributed by atoms with van der Waals surface area (Å²) in [6.45, 7) is 2.18. The first-order chi connectivity index (χ1) is 9.22. The highest BCUT2D eigenvalue weighted by Crippen LogP contribution is 2.39. The van der Waals surface area contributed by atoms with Crippen molar-refractivity contribution in [3.8, 4) is 11.8 Å². The van der Waals surface area contributed by atoms with Gasteiger partial charge in [-0.25, -0.2) is 0 Å². The summed E-state index contributed by atoms with van der Waals surface area (Å²) in [6, 6.07) is 0. The standard InChI is InChI=1S/C16H24O2S/c1-2-3-4-5-6-7-8-16(17)13-11-14-9-10-15(12-13)19(14)18/h13-15H,2-5,8-12H2,1H3. The molecule has 2 unspecified atom stereocenters. The van der Waals surface area contributed by atoms with E-state index in [1.165, 1.54) is 12.8 Å². The second kappa shape index (κ2) is 7.24. The van der Waals surface area contributed by atoms with Crippen molar-refractivity contribution in [2.45, 2.75) is 75.2 Å². The van der Waals surface area contributed by atoms with Gasteiger partial charge in [-0.05, 0) is 32.1 Å². The Morgan fingerprint density at radius 2 is 1.84 bits per heavy atom. The van der Waals surface area contributed by atoms with Crippen LogP contribution in [0.2, 0.25) is 0 Å². The van der Waals surface area contributed by atoms with Crippen molar-refractivity contribution in [1.82, 2.24) is 0 Å². The van der Waals surface area contributed by atoms with E-state index in [4.69, 9.17) is 0 Å². The number of hydrogen-bond donors (Lipinski definition) is 0. The molecule has 0 saturated carbocycles. The van der Waals surface area contributed by atoms with Crippen molar-refractivity contribution in [2.24, 2.45) is 5.92 Å². The van der Waals surface area contributed by atoms with Gasteiger partial charge in [0.15, 0.2) is 0 Å². The van der Waals surface area contributed by atoms with Gasteiger partial charge in [0.2, 0.25) is 0 Å². The molecule has 3 heteroatoms. The first kappa shape index (κ1) is 14.8. The fraction of sp³-hybridized carbons (Fsp3) is 0.812. The van der Waals surface area contributed by atoms with E-state index in [1.54, 1.807) is 0 Å². The first-order valence-corrected chi connectivity index (χ1v) is 8.87. The second-order valence-corrected chi connectivity index (χ2v) is 7.76. The van der Waals surface area contributed by atoms with Crippen molar-refractivity contribution < 1.29 is 9.00 Å². The number of hydrogen-bond acceptors (Lipinski definition) is 2. The Bertz CT molecular complexity index is 389. The SMILES string of the molecule is CCCCCC#CCC(=O)C1CC2CCC(C1)S2=O. The Balaban J connectivity index is 1.74. The molecule has 2 aliphatic rings. The monoisotopic (exact) mass is 280 g/mol. The van der Waals surface area contributed by atoms with Crippen LogP contribution in [0.1, 0.15) is 64.7 Å². The molecule has 0 spiro atoms. The Hall–Kier alpha value is -0.620. The van der Waals surface area contributed by atoms with Crippen LogP contribution in [-0.2, 0) is 15.6 Å². The Labute approximate surface area is 119 Å². The highest BCUT2D eigenvalue weighted by atomic mass is 32.2. The van der Waals surface area contributed by atoms with Gasteiger partial charge in [0.1, 0.15) is 5.78 Å². The summed E-state index contributed by atoms with van der Waals surface area (Å²) in [4.78, 5) is 12.1. The van der Waals surface area contributed by atoms with Gasteiger partial charge < -0.3 is 0 Å². The smallest absolute Gasteiger partial charge is 0.147 e. The van der Waals surface area contributed by atoms with E-state index in [2.05, 4.69) is 18.8 Å². The Kier molecular flexibility index (Phi) is 5.63. The van der Waals surface area contributed by atoms with E-state index < -0.39 is 10.8 Å². The maximum atomic E-state index is 12.1. The maximum absolute atomic E-state index is 12.1. The summed E-state index contributed by atoms with van der Waals surface area (Å²) in [5.74, 6) is 6.56. The lowest BCUT2D eigenvalue weighted by atomic mass is 9.93.